The number of allylic oxidation sites excluding steroid dienone is 2. The predicted molar refractivity (Wildman–Crippen MR) is 67.0 cm³/mol. The second-order valence-corrected chi connectivity index (χ2v) is 4.37. The van der Waals surface area contributed by atoms with E-state index in [-0.39, 0.29) is 0 Å². The summed E-state index contributed by atoms with van der Waals surface area (Å²) < 4.78 is 5.31. The molecule has 2 rings (SSSR count). The molecule has 1 atom stereocenters. The summed E-state index contributed by atoms with van der Waals surface area (Å²) in [6.45, 7) is 2.90. The van der Waals surface area contributed by atoms with Gasteiger partial charge in [-0.05, 0) is 31.4 Å². The number of ether oxygens (including phenoxy) is 1. The standard InChI is InChI=1S/C15H16O2/c1-13-6-7-14-5-4-10-15(14,16)9-2-3-11-17-12-8-13/h5,8,16H,4,9-12H2,1H3/b13-8-. The van der Waals surface area contributed by atoms with Crippen LogP contribution in [0, 0.1) is 23.7 Å². The molecule has 0 saturated heterocycles. The number of hydrogen-bond acceptors (Lipinski definition) is 2. The number of fused-ring (bicyclic) bond motifs is 1. The van der Waals surface area contributed by atoms with Gasteiger partial charge in [0.05, 0.1) is 6.61 Å². The van der Waals surface area contributed by atoms with Crippen LogP contribution in [0.3, 0.4) is 0 Å². The highest BCUT2D eigenvalue weighted by Gasteiger charge is 2.33. The van der Waals surface area contributed by atoms with Crippen LogP contribution in [0.2, 0.25) is 0 Å². The average Bonchev–Trinajstić information content (AvgIpc) is 2.65. The van der Waals surface area contributed by atoms with Gasteiger partial charge in [0, 0.05) is 12.0 Å². The van der Waals surface area contributed by atoms with E-state index in [1.54, 1.807) is 0 Å². The van der Waals surface area contributed by atoms with E-state index < -0.39 is 5.60 Å². The molecule has 0 amide bonds. The van der Waals surface area contributed by atoms with Crippen molar-refractivity contribution < 1.29 is 9.84 Å². The van der Waals surface area contributed by atoms with Crippen LogP contribution in [-0.4, -0.2) is 23.9 Å². The second-order valence-electron chi connectivity index (χ2n) is 4.37. The largest absolute Gasteiger partial charge is 0.383 e. The molecule has 0 radical (unpaired) electrons. The first-order chi connectivity index (χ1) is 8.21. The van der Waals surface area contributed by atoms with Gasteiger partial charge >= 0.3 is 0 Å². The van der Waals surface area contributed by atoms with Crippen molar-refractivity contribution in [2.45, 2.75) is 31.8 Å². The van der Waals surface area contributed by atoms with Crippen molar-refractivity contribution in [1.29, 1.82) is 0 Å². The topological polar surface area (TPSA) is 29.5 Å². The van der Waals surface area contributed by atoms with Crippen molar-refractivity contribution in [2.24, 2.45) is 0 Å². The van der Waals surface area contributed by atoms with Gasteiger partial charge in [0.1, 0.15) is 12.2 Å². The second kappa shape index (κ2) is 5.23. The minimum absolute atomic E-state index is 0.409. The van der Waals surface area contributed by atoms with Gasteiger partial charge in [0.2, 0.25) is 0 Å². The molecule has 1 aliphatic heterocycles. The fraction of sp³-hybridized carbons (Fsp3) is 0.467. The zero-order valence-corrected chi connectivity index (χ0v) is 10.0. The fourth-order valence-corrected chi connectivity index (χ4v) is 1.90. The third-order valence-corrected chi connectivity index (χ3v) is 2.99. The van der Waals surface area contributed by atoms with Crippen LogP contribution in [0.4, 0.5) is 0 Å². The van der Waals surface area contributed by atoms with Crippen molar-refractivity contribution in [1.82, 2.24) is 0 Å². The molecule has 1 unspecified atom stereocenters. The summed E-state index contributed by atoms with van der Waals surface area (Å²) >= 11 is 0. The zero-order chi connectivity index (χ0) is 12.1. The van der Waals surface area contributed by atoms with Gasteiger partial charge in [0.15, 0.2) is 0 Å². The van der Waals surface area contributed by atoms with Crippen LogP contribution >= 0.6 is 0 Å². The Labute approximate surface area is 102 Å². The summed E-state index contributed by atoms with van der Waals surface area (Å²) in [4.78, 5) is 0. The number of aliphatic hydroxyl groups is 1. The van der Waals surface area contributed by atoms with Gasteiger partial charge in [-0.3, -0.25) is 0 Å². The van der Waals surface area contributed by atoms with Crippen molar-refractivity contribution in [2.75, 3.05) is 13.2 Å². The van der Waals surface area contributed by atoms with Crippen LogP contribution < -0.4 is 0 Å². The van der Waals surface area contributed by atoms with Crippen molar-refractivity contribution in [3.8, 4) is 23.7 Å². The first kappa shape index (κ1) is 12.0. The Hall–Kier alpha value is -1.48. The van der Waals surface area contributed by atoms with E-state index in [1.165, 1.54) is 0 Å². The van der Waals surface area contributed by atoms with E-state index in [9.17, 15) is 5.11 Å². The van der Waals surface area contributed by atoms with Crippen LogP contribution in [0.5, 0.6) is 0 Å². The molecule has 2 aliphatic rings. The Morgan fingerprint density at radius 3 is 3.06 bits per heavy atom. The zero-order valence-electron chi connectivity index (χ0n) is 10.0. The minimum atomic E-state index is -0.848. The molecule has 0 aromatic rings. The first-order valence-corrected chi connectivity index (χ1v) is 5.86. The average molecular weight is 228 g/mol. The maximum Gasteiger partial charge on any atom is 0.108 e. The Morgan fingerprint density at radius 1 is 1.29 bits per heavy atom. The lowest BCUT2D eigenvalue weighted by atomic mass is 9.92. The molecule has 1 heterocycles. The summed E-state index contributed by atoms with van der Waals surface area (Å²) in [6.07, 6.45) is 5.99. The lowest BCUT2D eigenvalue weighted by molar-refractivity contribution is 0.0892. The quantitative estimate of drug-likeness (QED) is 0.641. The van der Waals surface area contributed by atoms with Gasteiger partial charge in [-0.2, -0.15) is 0 Å². The maximum absolute atomic E-state index is 10.4. The molecule has 0 aromatic heterocycles. The molecule has 0 saturated carbocycles. The highest BCUT2D eigenvalue weighted by Crippen LogP contribution is 2.32. The monoisotopic (exact) mass is 228 g/mol. The molecule has 2 nitrogen and oxygen atoms in total. The van der Waals surface area contributed by atoms with Crippen molar-refractivity contribution in [3.63, 3.8) is 0 Å². The molecule has 88 valence electrons. The lowest BCUT2D eigenvalue weighted by Crippen LogP contribution is -2.26. The first-order valence-electron chi connectivity index (χ1n) is 5.86. The third kappa shape index (κ3) is 3.01. The van der Waals surface area contributed by atoms with E-state index in [0.29, 0.717) is 19.6 Å². The van der Waals surface area contributed by atoms with E-state index in [2.05, 4.69) is 23.7 Å². The maximum atomic E-state index is 10.4. The molecule has 0 fully saturated rings. The molecule has 2 heteroatoms. The SMILES string of the molecule is C/C1=C/COCC#CCC2(O)CCC=C2C#C1. The minimum Gasteiger partial charge on any atom is -0.383 e. The van der Waals surface area contributed by atoms with E-state index in [0.717, 1.165) is 24.0 Å². The Kier molecular flexibility index (Phi) is 3.69. The highest BCUT2D eigenvalue weighted by atomic mass is 16.5. The van der Waals surface area contributed by atoms with Gasteiger partial charge in [-0.1, -0.05) is 29.8 Å². The van der Waals surface area contributed by atoms with Gasteiger partial charge in [-0.15, -0.1) is 0 Å². The fourth-order valence-electron chi connectivity index (χ4n) is 1.90. The van der Waals surface area contributed by atoms with E-state index in [1.807, 2.05) is 19.1 Å². The molecular formula is C15H16O2. The van der Waals surface area contributed by atoms with Crippen LogP contribution in [-0.2, 0) is 4.74 Å². The normalized spacial score (nSPS) is 31.2. The summed E-state index contributed by atoms with van der Waals surface area (Å²) in [7, 11) is 0. The third-order valence-electron chi connectivity index (χ3n) is 2.99. The summed E-state index contributed by atoms with van der Waals surface area (Å²) in [5, 5.41) is 10.4. The molecular weight excluding hydrogens is 212 g/mol. The Bertz CT molecular complexity index is 477. The molecule has 1 N–H and O–H groups in total. The predicted octanol–water partition coefficient (Wildman–Crippen LogP) is 1.81. The molecule has 0 aromatic carbocycles. The Balaban J connectivity index is 2.28. The number of rotatable bonds is 0. The molecule has 1 aliphatic carbocycles. The summed E-state index contributed by atoms with van der Waals surface area (Å²) in [6, 6.07) is 0. The van der Waals surface area contributed by atoms with Gasteiger partial charge in [0.25, 0.3) is 0 Å². The lowest BCUT2D eigenvalue weighted by Gasteiger charge is -2.20. The molecule has 17 heavy (non-hydrogen) atoms. The Morgan fingerprint density at radius 2 is 2.18 bits per heavy atom. The molecule has 0 spiro atoms. The van der Waals surface area contributed by atoms with Crippen LogP contribution in [0.15, 0.2) is 23.3 Å². The van der Waals surface area contributed by atoms with Gasteiger partial charge < -0.3 is 9.84 Å². The van der Waals surface area contributed by atoms with Crippen LogP contribution in [0.25, 0.3) is 0 Å². The molecule has 0 bridgehead atoms. The van der Waals surface area contributed by atoms with Gasteiger partial charge in [-0.25, -0.2) is 0 Å². The van der Waals surface area contributed by atoms with Crippen LogP contribution in [0.1, 0.15) is 26.2 Å². The summed E-state index contributed by atoms with van der Waals surface area (Å²) in [5.41, 5.74) is 0.939. The van der Waals surface area contributed by atoms with E-state index >= 15 is 0 Å². The van der Waals surface area contributed by atoms with Crippen molar-refractivity contribution >= 4 is 0 Å². The highest BCUT2D eigenvalue weighted by molar-refractivity contribution is 5.44. The van der Waals surface area contributed by atoms with Crippen molar-refractivity contribution in [3.05, 3.63) is 23.3 Å². The smallest absolute Gasteiger partial charge is 0.108 e. The number of hydrogen-bond donors (Lipinski definition) is 1. The van der Waals surface area contributed by atoms with E-state index in [4.69, 9.17) is 4.74 Å². The summed E-state index contributed by atoms with van der Waals surface area (Å²) in [5.74, 6) is 12.0.